The molecule has 134 valence electrons. The second-order valence-electron chi connectivity index (χ2n) is 6.67. The zero-order chi connectivity index (χ0) is 18.3. The number of H-pyrrole nitrogens is 1. The molecule has 6 heteroatoms. The van der Waals surface area contributed by atoms with Crippen molar-refractivity contribution in [1.82, 2.24) is 9.29 Å². The van der Waals surface area contributed by atoms with Crippen molar-refractivity contribution in [3.63, 3.8) is 0 Å². The first kappa shape index (κ1) is 17.0. The van der Waals surface area contributed by atoms with Crippen molar-refractivity contribution in [2.45, 2.75) is 24.7 Å². The largest absolute Gasteiger partial charge is 0.354 e. The smallest absolute Gasteiger partial charge is 0.243 e. The summed E-state index contributed by atoms with van der Waals surface area (Å²) in [5.74, 6) is 0. The van der Waals surface area contributed by atoms with E-state index in [1.54, 1.807) is 18.2 Å². The Hall–Kier alpha value is -2.44. The van der Waals surface area contributed by atoms with Crippen molar-refractivity contribution >= 4 is 27.2 Å². The topological polar surface area (TPSA) is 70.2 Å². The Bertz CT molecular complexity index is 1090. The number of benzene rings is 2. The SMILES string of the molecule is Cc1ccccc1-c1[nH]c2ccc(S(=O)(=O)N3CCCC3)cc2c1C=O. The van der Waals surface area contributed by atoms with Crippen molar-refractivity contribution < 1.29 is 13.2 Å². The molecule has 2 heterocycles. The van der Waals surface area contributed by atoms with Crippen LogP contribution >= 0.6 is 0 Å². The van der Waals surface area contributed by atoms with Gasteiger partial charge in [0.2, 0.25) is 10.0 Å². The lowest BCUT2D eigenvalue weighted by Gasteiger charge is -2.15. The van der Waals surface area contributed by atoms with Gasteiger partial charge in [0.1, 0.15) is 0 Å². The van der Waals surface area contributed by atoms with E-state index < -0.39 is 10.0 Å². The van der Waals surface area contributed by atoms with Crippen molar-refractivity contribution in [3.8, 4) is 11.3 Å². The summed E-state index contributed by atoms with van der Waals surface area (Å²) >= 11 is 0. The molecular weight excluding hydrogens is 348 g/mol. The molecule has 1 aliphatic rings. The van der Waals surface area contributed by atoms with Crippen LogP contribution in [0.1, 0.15) is 28.8 Å². The lowest BCUT2D eigenvalue weighted by molar-refractivity contribution is 0.112. The van der Waals surface area contributed by atoms with Gasteiger partial charge in [0, 0.05) is 35.1 Å². The fourth-order valence-electron chi connectivity index (χ4n) is 3.62. The molecule has 1 aliphatic heterocycles. The van der Waals surface area contributed by atoms with E-state index in [9.17, 15) is 13.2 Å². The second-order valence-corrected chi connectivity index (χ2v) is 8.60. The lowest BCUT2D eigenvalue weighted by atomic mass is 10.0. The fourth-order valence-corrected chi connectivity index (χ4v) is 5.16. The second kappa shape index (κ2) is 6.37. The molecule has 0 spiro atoms. The third-order valence-electron chi connectivity index (χ3n) is 5.05. The Morgan fingerprint density at radius 1 is 1.08 bits per heavy atom. The first-order chi connectivity index (χ1) is 12.5. The van der Waals surface area contributed by atoms with E-state index in [0.29, 0.717) is 24.0 Å². The number of sulfonamides is 1. The standard InChI is InChI=1S/C20H20N2O3S/c1-14-6-2-3-7-16(14)20-18(13-23)17-12-15(8-9-19(17)21-20)26(24,25)22-10-4-5-11-22/h2-3,6-9,12-13,21H,4-5,10-11H2,1H3. The summed E-state index contributed by atoms with van der Waals surface area (Å²) in [5.41, 5.74) is 3.96. The van der Waals surface area contributed by atoms with Gasteiger partial charge in [0.05, 0.1) is 10.6 Å². The maximum absolute atomic E-state index is 12.8. The van der Waals surface area contributed by atoms with Crippen molar-refractivity contribution in [3.05, 3.63) is 53.6 Å². The molecule has 2 aromatic carbocycles. The number of carbonyl (C=O) groups is 1. The predicted molar refractivity (Wildman–Crippen MR) is 102 cm³/mol. The van der Waals surface area contributed by atoms with Crippen LogP contribution in [0.25, 0.3) is 22.2 Å². The van der Waals surface area contributed by atoms with E-state index in [0.717, 1.165) is 41.5 Å². The Balaban J connectivity index is 1.89. The molecule has 0 unspecified atom stereocenters. The lowest BCUT2D eigenvalue weighted by Crippen LogP contribution is -2.27. The molecule has 0 saturated carbocycles. The van der Waals surface area contributed by atoms with E-state index in [4.69, 9.17) is 0 Å². The molecule has 1 fully saturated rings. The quantitative estimate of drug-likeness (QED) is 0.713. The zero-order valence-corrected chi connectivity index (χ0v) is 15.3. The summed E-state index contributed by atoms with van der Waals surface area (Å²) in [6, 6.07) is 12.8. The van der Waals surface area contributed by atoms with Crippen molar-refractivity contribution in [2.24, 2.45) is 0 Å². The van der Waals surface area contributed by atoms with Crippen LogP contribution in [0.15, 0.2) is 47.4 Å². The average Bonchev–Trinajstić information content (AvgIpc) is 3.29. The molecule has 0 atom stereocenters. The van der Waals surface area contributed by atoms with Gasteiger partial charge >= 0.3 is 0 Å². The normalized spacial score (nSPS) is 15.6. The Morgan fingerprint density at radius 2 is 1.81 bits per heavy atom. The number of hydrogen-bond acceptors (Lipinski definition) is 3. The van der Waals surface area contributed by atoms with Gasteiger partial charge in [-0.1, -0.05) is 24.3 Å². The number of hydrogen-bond donors (Lipinski definition) is 1. The number of fused-ring (bicyclic) bond motifs is 1. The van der Waals surface area contributed by atoms with Crippen LogP contribution in [-0.2, 0) is 10.0 Å². The number of aldehydes is 1. The summed E-state index contributed by atoms with van der Waals surface area (Å²) in [6.07, 6.45) is 2.58. The van der Waals surface area contributed by atoms with E-state index in [-0.39, 0.29) is 4.90 Å². The van der Waals surface area contributed by atoms with Gasteiger partial charge in [-0.3, -0.25) is 4.79 Å². The van der Waals surface area contributed by atoms with Gasteiger partial charge in [-0.15, -0.1) is 0 Å². The molecule has 26 heavy (non-hydrogen) atoms. The maximum atomic E-state index is 12.8. The van der Waals surface area contributed by atoms with Gasteiger partial charge < -0.3 is 4.98 Å². The number of nitrogens with zero attached hydrogens (tertiary/aromatic N) is 1. The minimum absolute atomic E-state index is 0.241. The Morgan fingerprint density at radius 3 is 2.50 bits per heavy atom. The van der Waals surface area contributed by atoms with Gasteiger partial charge in [-0.25, -0.2) is 8.42 Å². The Labute approximate surface area is 152 Å². The number of nitrogens with one attached hydrogen (secondary N) is 1. The summed E-state index contributed by atoms with van der Waals surface area (Å²) in [4.78, 5) is 15.3. The van der Waals surface area contributed by atoms with E-state index in [1.807, 2.05) is 31.2 Å². The van der Waals surface area contributed by atoms with Crippen LogP contribution < -0.4 is 0 Å². The van der Waals surface area contributed by atoms with E-state index >= 15 is 0 Å². The number of carbonyl (C=O) groups excluding carboxylic acids is 1. The Kier molecular flexibility index (Phi) is 4.17. The summed E-state index contributed by atoms with van der Waals surface area (Å²) in [7, 11) is -3.52. The van der Waals surface area contributed by atoms with Gasteiger partial charge in [0.15, 0.2) is 6.29 Å². The molecule has 4 rings (SSSR count). The zero-order valence-electron chi connectivity index (χ0n) is 14.5. The minimum atomic E-state index is -3.52. The van der Waals surface area contributed by atoms with Gasteiger partial charge in [-0.05, 0) is 43.5 Å². The summed E-state index contributed by atoms with van der Waals surface area (Å²) in [6.45, 7) is 3.10. The predicted octanol–water partition coefficient (Wildman–Crippen LogP) is 3.74. The third-order valence-corrected chi connectivity index (χ3v) is 6.94. The van der Waals surface area contributed by atoms with Gasteiger partial charge in [-0.2, -0.15) is 4.31 Å². The highest BCUT2D eigenvalue weighted by Crippen LogP contribution is 2.33. The highest BCUT2D eigenvalue weighted by molar-refractivity contribution is 7.89. The maximum Gasteiger partial charge on any atom is 0.243 e. The minimum Gasteiger partial charge on any atom is -0.354 e. The number of aromatic nitrogens is 1. The number of aryl methyl sites for hydroxylation is 1. The molecule has 0 amide bonds. The van der Waals surface area contributed by atoms with Gasteiger partial charge in [0.25, 0.3) is 0 Å². The number of rotatable bonds is 4. The van der Waals surface area contributed by atoms with Crippen LogP contribution in [0.4, 0.5) is 0 Å². The molecule has 0 aliphatic carbocycles. The average molecular weight is 368 g/mol. The highest BCUT2D eigenvalue weighted by atomic mass is 32.2. The summed E-state index contributed by atoms with van der Waals surface area (Å²) < 4.78 is 27.2. The highest BCUT2D eigenvalue weighted by Gasteiger charge is 2.28. The molecule has 3 aromatic rings. The molecule has 1 saturated heterocycles. The third kappa shape index (κ3) is 2.66. The van der Waals surface area contributed by atoms with Crippen LogP contribution in [0, 0.1) is 6.92 Å². The van der Waals surface area contributed by atoms with Crippen LogP contribution in [0.3, 0.4) is 0 Å². The molecule has 0 radical (unpaired) electrons. The van der Waals surface area contributed by atoms with Crippen LogP contribution in [-0.4, -0.2) is 37.1 Å². The van der Waals surface area contributed by atoms with Crippen molar-refractivity contribution in [2.75, 3.05) is 13.1 Å². The molecule has 0 bridgehead atoms. The van der Waals surface area contributed by atoms with Crippen molar-refractivity contribution in [1.29, 1.82) is 0 Å². The molecule has 1 N–H and O–H groups in total. The summed E-state index contributed by atoms with van der Waals surface area (Å²) in [5, 5.41) is 0.638. The molecule has 1 aromatic heterocycles. The van der Waals surface area contributed by atoms with E-state index in [1.165, 1.54) is 4.31 Å². The van der Waals surface area contributed by atoms with E-state index in [2.05, 4.69) is 4.98 Å². The van der Waals surface area contributed by atoms with Crippen LogP contribution in [0.2, 0.25) is 0 Å². The fraction of sp³-hybridized carbons (Fsp3) is 0.250. The first-order valence-corrected chi connectivity index (χ1v) is 10.1. The molecular formula is C20H20N2O3S. The molecule has 5 nitrogen and oxygen atoms in total. The van der Waals surface area contributed by atoms with Crippen LogP contribution in [0.5, 0.6) is 0 Å². The monoisotopic (exact) mass is 368 g/mol. The number of aromatic amines is 1. The first-order valence-electron chi connectivity index (χ1n) is 8.69.